The number of hydrogen-bond acceptors (Lipinski definition) is 2. The lowest BCUT2D eigenvalue weighted by Gasteiger charge is -2.21. The molecule has 2 N–H and O–H groups in total. The number of aromatic nitrogens is 1. The van der Waals surface area contributed by atoms with Crippen LogP contribution in [0.25, 0.3) is 11.1 Å². The Labute approximate surface area is 103 Å². The van der Waals surface area contributed by atoms with E-state index in [4.69, 9.17) is 5.73 Å². The average Bonchev–Trinajstić information content (AvgIpc) is 2.28. The minimum atomic E-state index is 0.0842. The molecule has 0 atom stereocenters. The number of nitrogens with zero attached hydrogens (tertiary/aromatic N) is 1. The van der Waals surface area contributed by atoms with Gasteiger partial charge in [0.1, 0.15) is 0 Å². The zero-order valence-electron chi connectivity index (χ0n) is 10.6. The maximum absolute atomic E-state index is 6.13. The predicted molar refractivity (Wildman–Crippen MR) is 72.8 cm³/mol. The van der Waals surface area contributed by atoms with E-state index in [1.54, 1.807) is 12.4 Å². The van der Waals surface area contributed by atoms with Crippen LogP contribution in [0.4, 0.5) is 5.69 Å². The number of anilines is 1. The summed E-state index contributed by atoms with van der Waals surface area (Å²) < 4.78 is 0. The molecule has 0 aliphatic carbocycles. The molecule has 1 aromatic carbocycles. The van der Waals surface area contributed by atoms with Crippen LogP contribution in [0.2, 0.25) is 0 Å². The van der Waals surface area contributed by atoms with E-state index in [9.17, 15) is 0 Å². The van der Waals surface area contributed by atoms with Gasteiger partial charge in [-0.2, -0.15) is 0 Å². The van der Waals surface area contributed by atoms with Crippen LogP contribution in [0.15, 0.2) is 42.7 Å². The topological polar surface area (TPSA) is 38.9 Å². The van der Waals surface area contributed by atoms with Crippen LogP contribution in [0, 0.1) is 0 Å². The molecular weight excluding hydrogens is 208 g/mol. The number of nitrogen functional groups attached to an aromatic ring is 1. The van der Waals surface area contributed by atoms with E-state index in [0.717, 1.165) is 16.8 Å². The van der Waals surface area contributed by atoms with Crippen molar-refractivity contribution in [1.29, 1.82) is 0 Å². The maximum Gasteiger partial charge on any atom is 0.0358 e. The van der Waals surface area contributed by atoms with Crippen molar-refractivity contribution in [2.45, 2.75) is 26.2 Å². The summed E-state index contributed by atoms with van der Waals surface area (Å²) in [6.45, 7) is 6.51. The van der Waals surface area contributed by atoms with Gasteiger partial charge in [-0.1, -0.05) is 32.9 Å². The molecule has 2 nitrogen and oxygen atoms in total. The summed E-state index contributed by atoms with van der Waals surface area (Å²) >= 11 is 0. The molecule has 1 aromatic heterocycles. The Bertz CT molecular complexity index is 510. The van der Waals surface area contributed by atoms with E-state index >= 15 is 0 Å². The summed E-state index contributed by atoms with van der Waals surface area (Å²) in [6, 6.07) is 10.3. The molecule has 0 bridgehead atoms. The molecule has 0 aliphatic rings. The van der Waals surface area contributed by atoms with Crippen LogP contribution in [-0.2, 0) is 5.41 Å². The summed E-state index contributed by atoms with van der Waals surface area (Å²) in [5.41, 5.74) is 10.5. The number of hydrogen-bond donors (Lipinski definition) is 1. The van der Waals surface area contributed by atoms with Crippen LogP contribution in [0.5, 0.6) is 0 Å². The van der Waals surface area contributed by atoms with E-state index in [0.29, 0.717) is 0 Å². The third kappa shape index (κ3) is 2.47. The molecule has 2 heteroatoms. The van der Waals surface area contributed by atoms with Crippen molar-refractivity contribution >= 4 is 5.69 Å². The van der Waals surface area contributed by atoms with E-state index < -0.39 is 0 Å². The van der Waals surface area contributed by atoms with Gasteiger partial charge in [-0.05, 0) is 40.3 Å². The lowest BCUT2D eigenvalue weighted by Crippen LogP contribution is -2.13. The largest absolute Gasteiger partial charge is 0.398 e. The second kappa shape index (κ2) is 4.21. The highest BCUT2D eigenvalue weighted by molar-refractivity contribution is 5.69. The number of nitrogens with two attached hydrogens (primary N) is 1. The normalized spacial score (nSPS) is 11.5. The molecule has 0 unspecified atom stereocenters. The summed E-state index contributed by atoms with van der Waals surface area (Å²) in [5.74, 6) is 0. The van der Waals surface area contributed by atoms with Crippen LogP contribution >= 0.6 is 0 Å². The van der Waals surface area contributed by atoms with E-state index in [-0.39, 0.29) is 5.41 Å². The van der Waals surface area contributed by atoms with Crippen LogP contribution in [-0.4, -0.2) is 4.98 Å². The lowest BCUT2D eigenvalue weighted by molar-refractivity contribution is 0.592. The molecule has 0 fully saturated rings. The Morgan fingerprint density at radius 3 is 2.12 bits per heavy atom. The number of rotatable bonds is 1. The zero-order chi connectivity index (χ0) is 12.5. The molecular formula is C15H18N2. The van der Waals surface area contributed by atoms with Crippen LogP contribution < -0.4 is 5.73 Å². The quantitative estimate of drug-likeness (QED) is 0.754. The van der Waals surface area contributed by atoms with E-state index in [2.05, 4.69) is 37.9 Å². The molecule has 88 valence electrons. The Kier molecular flexibility index (Phi) is 2.88. The smallest absolute Gasteiger partial charge is 0.0358 e. The molecule has 0 saturated heterocycles. The molecule has 1 heterocycles. The first-order chi connectivity index (χ1) is 7.98. The molecule has 2 aromatic rings. The van der Waals surface area contributed by atoms with Crippen LogP contribution in [0.1, 0.15) is 26.3 Å². The Morgan fingerprint density at radius 2 is 1.59 bits per heavy atom. The molecule has 0 radical (unpaired) electrons. The summed E-state index contributed by atoms with van der Waals surface area (Å²) in [6.07, 6.45) is 3.59. The molecule has 2 rings (SSSR count). The third-order valence-electron chi connectivity index (χ3n) is 2.87. The summed E-state index contributed by atoms with van der Waals surface area (Å²) in [7, 11) is 0. The van der Waals surface area contributed by atoms with Crippen molar-refractivity contribution in [2.24, 2.45) is 0 Å². The van der Waals surface area contributed by atoms with Gasteiger partial charge in [-0.25, -0.2) is 0 Å². The van der Waals surface area contributed by atoms with Gasteiger partial charge in [0.25, 0.3) is 0 Å². The Morgan fingerprint density at radius 1 is 0.941 bits per heavy atom. The van der Waals surface area contributed by atoms with Gasteiger partial charge >= 0.3 is 0 Å². The van der Waals surface area contributed by atoms with Gasteiger partial charge in [-0.3, -0.25) is 4.98 Å². The number of pyridine rings is 1. The van der Waals surface area contributed by atoms with Gasteiger partial charge in [0, 0.05) is 18.1 Å². The Hall–Kier alpha value is -1.83. The highest BCUT2D eigenvalue weighted by Gasteiger charge is 2.16. The first-order valence-electron chi connectivity index (χ1n) is 5.79. The lowest BCUT2D eigenvalue weighted by atomic mass is 9.85. The highest BCUT2D eigenvalue weighted by Crippen LogP contribution is 2.31. The minimum absolute atomic E-state index is 0.0842. The monoisotopic (exact) mass is 226 g/mol. The van der Waals surface area contributed by atoms with E-state index in [1.165, 1.54) is 5.56 Å². The van der Waals surface area contributed by atoms with Gasteiger partial charge in [-0.15, -0.1) is 0 Å². The zero-order valence-corrected chi connectivity index (χ0v) is 10.6. The summed E-state index contributed by atoms with van der Waals surface area (Å²) in [5, 5.41) is 0. The fourth-order valence-corrected chi connectivity index (χ4v) is 1.97. The van der Waals surface area contributed by atoms with Crippen molar-refractivity contribution in [1.82, 2.24) is 4.98 Å². The predicted octanol–water partition coefficient (Wildman–Crippen LogP) is 3.63. The standard InChI is InChI=1S/C15H18N2/c1-15(2,3)13-5-4-12(10-14(13)16)11-6-8-17-9-7-11/h4-10H,16H2,1-3H3. The van der Waals surface area contributed by atoms with Crippen molar-refractivity contribution < 1.29 is 0 Å². The summed E-state index contributed by atoms with van der Waals surface area (Å²) in [4.78, 5) is 4.02. The van der Waals surface area contributed by atoms with Crippen molar-refractivity contribution in [3.63, 3.8) is 0 Å². The van der Waals surface area contributed by atoms with Gasteiger partial charge in [0.15, 0.2) is 0 Å². The van der Waals surface area contributed by atoms with Crippen molar-refractivity contribution in [3.8, 4) is 11.1 Å². The Balaban J connectivity index is 2.45. The van der Waals surface area contributed by atoms with Gasteiger partial charge in [0.2, 0.25) is 0 Å². The van der Waals surface area contributed by atoms with Gasteiger partial charge in [0.05, 0.1) is 0 Å². The molecule has 0 amide bonds. The first kappa shape index (κ1) is 11.6. The van der Waals surface area contributed by atoms with Gasteiger partial charge < -0.3 is 5.73 Å². The average molecular weight is 226 g/mol. The molecule has 0 spiro atoms. The third-order valence-corrected chi connectivity index (χ3v) is 2.87. The van der Waals surface area contributed by atoms with Crippen LogP contribution in [0.3, 0.4) is 0 Å². The minimum Gasteiger partial charge on any atom is -0.398 e. The fraction of sp³-hybridized carbons (Fsp3) is 0.267. The second-order valence-corrected chi connectivity index (χ2v) is 5.29. The maximum atomic E-state index is 6.13. The first-order valence-corrected chi connectivity index (χ1v) is 5.79. The molecule has 0 saturated carbocycles. The van der Waals surface area contributed by atoms with E-state index in [1.807, 2.05) is 18.2 Å². The van der Waals surface area contributed by atoms with Crippen molar-refractivity contribution in [3.05, 3.63) is 48.3 Å². The van der Waals surface area contributed by atoms with Crippen molar-refractivity contribution in [2.75, 3.05) is 5.73 Å². The second-order valence-electron chi connectivity index (χ2n) is 5.29. The fourth-order valence-electron chi connectivity index (χ4n) is 1.97. The molecule has 0 aliphatic heterocycles. The molecule has 17 heavy (non-hydrogen) atoms. The highest BCUT2D eigenvalue weighted by atomic mass is 14.6. The number of benzene rings is 1. The SMILES string of the molecule is CC(C)(C)c1ccc(-c2ccncc2)cc1N.